The van der Waals surface area contributed by atoms with Gasteiger partial charge in [-0.25, -0.2) is 4.68 Å². The van der Waals surface area contributed by atoms with Gasteiger partial charge in [-0.3, -0.25) is 9.59 Å². The normalized spacial score (nSPS) is 12.1. The van der Waals surface area contributed by atoms with Gasteiger partial charge in [0.25, 0.3) is 5.91 Å². The first-order chi connectivity index (χ1) is 12.7. The van der Waals surface area contributed by atoms with Crippen LogP contribution in [0.4, 0.5) is 5.82 Å². The monoisotopic (exact) mass is 453 g/mol. The third-order valence-electron chi connectivity index (χ3n) is 3.89. The fourth-order valence-electron chi connectivity index (χ4n) is 2.38. The van der Waals surface area contributed by atoms with Crippen molar-refractivity contribution in [2.24, 2.45) is 0 Å². The summed E-state index contributed by atoms with van der Waals surface area (Å²) in [7, 11) is 0. The van der Waals surface area contributed by atoms with Crippen molar-refractivity contribution >= 4 is 45.4 Å². The Morgan fingerprint density at radius 1 is 1.26 bits per heavy atom. The van der Waals surface area contributed by atoms with Crippen LogP contribution in [0.3, 0.4) is 0 Å². The van der Waals surface area contributed by atoms with E-state index in [1.165, 1.54) is 11.8 Å². The number of aryl methyl sites for hydroxylation is 2. The van der Waals surface area contributed by atoms with Crippen molar-refractivity contribution < 1.29 is 14.3 Å². The fraction of sp³-hybridized carbons (Fsp3) is 0.421. The zero-order valence-electron chi connectivity index (χ0n) is 16.1. The Morgan fingerprint density at radius 2 is 1.96 bits per heavy atom. The van der Waals surface area contributed by atoms with E-state index in [2.05, 4.69) is 26.3 Å². The Bertz CT molecular complexity index is 836. The lowest BCUT2D eigenvalue weighted by Gasteiger charge is -2.16. The lowest BCUT2D eigenvalue weighted by atomic mass is 10.2. The van der Waals surface area contributed by atoms with Crippen LogP contribution in [0.1, 0.15) is 37.9 Å². The van der Waals surface area contributed by atoms with Crippen LogP contribution in [-0.2, 0) is 14.3 Å². The van der Waals surface area contributed by atoms with Gasteiger partial charge in [-0.1, -0.05) is 15.9 Å². The molecule has 8 heteroatoms. The van der Waals surface area contributed by atoms with E-state index in [0.29, 0.717) is 5.82 Å². The number of ether oxygens (including phenoxy) is 1. The standard InChI is InChI=1S/C19H24BrN3O3S/c1-11(2)23-17(6-7-21-23)22-19(25)14(5)26-18(24)10-27-16-9-12(3)15(20)8-13(16)4/h6-9,11,14H,10H2,1-5H3,(H,22,25). The van der Waals surface area contributed by atoms with Crippen LogP contribution in [0.2, 0.25) is 0 Å². The number of anilines is 1. The first-order valence-electron chi connectivity index (χ1n) is 8.62. The molecule has 0 aliphatic heterocycles. The number of nitrogens with zero attached hydrogens (tertiary/aromatic N) is 2. The van der Waals surface area contributed by atoms with E-state index in [1.807, 2.05) is 39.8 Å². The average molecular weight is 454 g/mol. The van der Waals surface area contributed by atoms with Gasteiger partial charge in [0.05, 0.1) is 11.9 Å². The van der Waals surface area contributed by atoms with Crippen molar-refractivity contribution in [1.82, 2.24) is 9.78 Å². The first kappa shape index (κ1) is 21.5. The summed E-state index contributed by atoms with van der Waals surface area (Å²) in [6.45, 7) is 9.49. The number of aromatic nitrogens is 2. The second-order valence-corrected chi connectivity index (χ2v) is 8.40. The molecular formula is C19H24BrN3O3S. The largest absolute Gasteiger partial charge is 0.452 e. The van der Waals surface area contributed by atoms with Crippen LogP contribution in [0, 0.1) is 13.8 Å². The van der Waals surface area contributed by atoms with Crippen LogP contribution in [0.15, 0.2) is 33.8 Å². The molecule has 2 aromatic rings. The second-order valence-electron chi connectivity index (χ2n) is 6.53. The average Bonchev–Trinajstić information content (AvgIpc) is 3.05. The Hall–Kier alpha value is -1.80. The van der Waals surface area contributed by atoms with Crippen molar-refractivity contribution in [2.75, 3.05) is 11.1 Å². The number of hydrogen-bond donors (Lipinski definition) is 1. The molecule has 1 atom stereocenters. The number of carbonyl (C=O) groups is 2. The maximum absolute atomic E-state index is 12.3. The summed E-state index contributed by atoms with van der Waals surface area (Å²) >= 11 is 4.90. The SMILES string of the molecule is Cc1cc(SCC(=O)OC(C)C(=O)Nc2ccnn2C(C)C)c(C)cc1Br. The third kappa shape index (κ3) is 5.84. The molecule has 0 aliphatic carbocycles. The van der Waals surface area contributed by atoms with Gasteiger partial charge < -0.3 is 10.1 Å². The van der Waals surface area contributed by atoms with Gasteiger partial charge >= 0.3 is 5.97 Å². The van der Waals surface area contributed by atoms with Gasteiger partial charge in [-0.05, 0) is 57.9 Å². The van der Waals surface area contributed by atoms with E-state index in [1.54, 1.807) is 23.9 Å². The van der Waals surface area contributed by atoms with Gasteiger partial charge in [-0.2, -0.15) is 5.10 Å². The lowest BCUT2D eigenvalue weighted by molar-refractivity contribution is -0.150. The summed E-state index contributed by atoms with van der Waals surface area (Å²) in [4.78, 5) is 25.4. The van der Waals surface area contributed by atoms with Gasteiger partial charge in [-0.15, -0.1) is 11.8 Å². The number of thioether (sulfide) groups is 1. The van der Waals surface area contributed by atoms with Gasteiger partial charge in [0.1, 0.15) is 5.82 Å². The Morgan fingerprint density at radius 3 is 2.63 bits per heavy atom. The predicted octanol–water partition coefficient (Wildman–Crippen LogP) is 4.51. The molecule has 0 saturated heterocycles. The summed E-state index contributed by atoms with van der Waals surface area (Å²) < 4.78 is 8.00. The molecule has 6 nitrogen and oxygen atoms in total. The van der Waals surface area contributed by atoms with Crippen LogP contribution in [-0.4, -0.2) is 33.5 Å². The van der Waals surface area contributed by atoms with E-state index in [4.69, 9.17) is 4.74 Å². The van der Waals surface area contributed by atoms with Crippen LogP contribution in [0.5, 0.6) is 0 Å². The quantitative estimate of drug-likeness (QED) is 0.493. The molecule has 1 aromatic carbocycles. The molecule has 27 heavy (non-hydrogen) atoms. The second kappa shape index (κ2) is 9.41. The summed E-state index contributed by atoms with van der Waals surface area (Å²) in [5.41, 5.74) is 2.18. The molecule has 1 heterocycles. The molecule has 146 valence electrons. The Labute approximate surface area is 172 Å². The van der Waals surface area contributed by atoms with Crippen molar-refractivity contribution in [1.29, 1.82) is 0 Å². The molecule has 0 saturated carbocycles. The molecule has 1 unspecified atom stereocenters. The molecule has 1 N–H and O–H groups in total. The molecule has 1 aromatic heterocycles. The maximum Gasteiger partial charge on any atom is 0.317 e. The molecule has 0 bridgehead atoms. The molecule has 0 radical (unpaired) electrons. The number of nitrogens with one attached hydrogen (secondary N) is 1. The number of amides is 1. The number of carbonyl (C=O) groups excluding carboxylic acids is 2. The molecule has 1 amide bonds. The van der Waals surface area contributed by atoms with E-state index < -0.39 is 12.1 Å². The highest BCUT2D eigenvalue weighted by molar-refractivity contribution is 9.10. The van der Waals surface area contributed by atoms with Crippen LogP contribution < -0.4 is 5.32 Å². The van der Waals surface area contributed by atoms with Crippen molar-refractivity contribution in [2.45, 2.75) is 51.7 Å². The summed E-state index contributed by atoms with van der Waals surface area (Å²) in [5.74, 6) is -0.0941. The number of esters is 1. The summed E-state index contributed by atoms with van der Waals surface area (Å²) in [5, 5.41) is 6.91. The zero-order chi connectivity index (χ0) is 20.1. The first-order valence-corrected chi connectivity index (χ1v) is 10.4. The number of halogens is 1. The van der Waals surface area contributed by atoms with E-state index >= 15 is 0 Å². The molecule has 0 spiro atoms. The smallest absolute Gasteiger partial charge is 0.317 e. The minimum absolute atomic E-state index is 0.113. The van der Waals surface area contributed by atoms with Crippen LogP contribution >= 0.6 is 27.7 Å². The zero-order valence-corrected chi connectivity index (χ0v) is 18.5. The van der Waals surface area contributed by atoms with Crippen molar-refractivity contribution in [3.05, 3.63) is 40.0 Å². The fourth-order valence-corrected chi connectivity index (χ4v) is 3.73. The molecule has 2 rings (SSSR count). The topological polar surface area (TPSA) is 73.2 Å². The number of rotatable bonds is 7. The summed E-state index contributed by atoms with van der Waals surface area (Å²) in [6.07, 6.45) is 0.729. The van der Waals surface area contributed by atoms with Crippen molar-refractivity contribution in [3.8, 4) is 0 Å². The minimum atomic E-state index is -0.888. The van der Waals surface area contributed by atoms with Crippen molar-refractivity contribution in [3.63, 3.8) is 0 Å². The minimum Gasteiger partial charge on any atom is -0.452 e. The van der Waals surface area contributed by atoms with Gasteiger partial charge in [0.2, 0.25) is 0 Å². The molecule has 0 aliphatic rings. The van der Waals surface area contributed by atoms with Gasteiger partial charge in [0.15, 0.2) is 6.10 Å². The summed E-state index contributed by atoms with van der Waals surface area (Å²) in [6, 6.07) is 5.88. The number of hydrogen-bond acceptors (Lipinski definition) is 5. The Balaban J connectivity index is 1.88. The van der Waals surface area contributed by atoms with E-state index in [0.717, 1.165) is 20.5 Å². The maximum atomic E-state index is 12.3. The van der Waals surface area contributed by atoms with E-state index in [9.17, 15) is 9.59 Å². The highest BCUT2D eigenvalue weighted by Gasteiger charge is 2.20. The number of benzene rings is 1. The predicted molar refractivity (Wildman–Crippen MR) is 111 cm³/mol. The Kier molecular flexibility index (Phi) is 7.49. The third-order valence-corrected chi connectivity index (χ3v) is 5.88. The highest BCUT2D eigenvalue weighted by atomic mass is 79.9. The molecular weight excluding hydrogens is 430 g/mol. The highest BCUT2D eigenvalue weighted by Crippen LogP contribution is 2.28. The van der Waals surface area contributed by atoms with Gasteiger partial charge in [0, 0.05) is 21.5 Å². The lowest BCUT2D eigenvalue weighted by Crippen LogP contribution is -2.31. The van der Waals surface area contributed by atoms with E-state index in [-0.39, 0.29) is 17.7 Å². The van der Waals surface area contributed by atoms with Crippen LogP contribution in [0.25, 0.3) is 0 Å². The molecule has 0 fully saturated rings.